The molecule has 7 heteroatoms. The number of aryl methyl sites for hydroxylation is 1. The molecule has 0 spiro atoms. The van der Waals surface area contributed by atoms with Gasteiger partial charge in [0.1, 0.15) is 12.6 Å². The normalized spacial score (nSPS) is 11.8. The number of hydrogen-bond acceptors (Lipinski definition) is 5. The molecule has 2 aromatic rings. The van der Waals surface area contributed by atoms with Crippen molar-refractivity contribution in [2.45, 2.75) is 26.8 Å². The maximum Gasteiger partial charge on any atom is 0.262 e. The molecule has 31 heavy (non-hydrogen) atoms. The van der Waals surface area contributed by atoms with Gasteiger partial charge in [0.15, 0.2) is 11.5 Å². The third-order valence-corrected chi connectivity index (χ3v) is 4.50. The van der Waals surface area contributed by atoms with Gasteiger partial charge in [-0.3, -0.25) is 9.59 Å². The van der Waals surface area contributed by atoms with E-state index in [9.17, 15) is 9.59 Å². The molecule has 1 atom stereocenters. The molecule has 0 aliphatic carbocycles. The maximum absolute atomic E-state index is 12.7. The van der Waals surface area contributed by atoms with Crippen molar-refractivity contribution in [1.82, 2.24) is 10.7 Å². The largest absolute Gasteiger partial charge is 0.493 e. The summed E-state index contributed by atoms with van der Waals surface area (Å²) >= 11 is 0. The van der Waals surface area contributed by atoms with Gasteiger partial charge < -0.3 is 14.8 Å². The minimum absolute atomic E-state index is 0.132. The van der Waals surface area contributed by atoms with Crippen molar-refractivity contribution in [2.24, 2.45) is 11.0 Å². The Kier molecular flexibility index (Phi) is 8.81. The molecule has 2 N–H and O–H groups in total. The Morgan fingerprint density at radius 3 is 2.48 bits per heavy atom. The van der Waals surface area contributed by atoms with Crippen LogP contribution < -0.4 is 20.2 Å². The Labute approximate surface area is 183 Å². The SMILES string of the molecule is C=CCOc1c(/C=N\NC(=O)C(NC(=O)c2ccc(C)cc2)C(C)C)cccc1OC. The number of hydrogen-bond donors (Lipinski definition) is 2. The fourth-order valence-electron chi connectivity index (χ4n) is 2.79. The fraction of sp³-hybridized carbons (Fsp3) is 0.292. The van der Waals surface area contributed by atoms with E-state index in [4.69, 9.17) is 9.47 Å². The van der Waals surface area contributed by atoms with Crippen LogP contribution in [0, 0.1) is 12.8 Å². The van der Waals surface area contributed by atoms with E-state index in [1.807, 2.05) is 32.9 Å². The number of rotatable bonds is 10. The van der Waals surface area contributed by atoms with Gasteiger partial charge in [-0.05, 0) is 37.1 Å². The van der Waals surface area contributed by atoms with Crippen LogP contribution in [0.2, 0.25) is 0 Å². The van der Waals surface area contributed by atoms with Crippen molar-refractivity contribution in [1.29, 1.82) is 0 Å². The molecule has 0 aliphatic rings. The molecular formula is C24H29N3O4. The number of hydrazone groups is 1. The van der Waals surface area contributed by atoms with Gasteiger partial charge >= 0.3 is 0 Å². The molecule has 0 fully saturated rings. The lowest BCUT2D eigenvalue weighted by Gasteiger charge is -2.20. The van der Waals surface area contributed by atoms with E-state index in [2.05, 4.69) is 22.4 Å². The molecular weight excluding hydrogens is 394 g/mol. The van der Waals surface area contributed by atoms with Crippen LogP contribution in [0.15, 0.2) is 60.2 Å². The predicted molar refractivity (Wildman–Crippen MR) is 122 cm³/mol. The molecule has 0 aliphatic heterocycles. The number of benzene rings is 2. The third kappa shape index (κ3) is 6.70. The van der Waals surface area contributed by atoms with E-state index in [-0.39, 0.29) is 11.8 Å². The predicted octanol–water partition coefficient (Wildman–Crippen LogP) is 3.47. The highest BCUT2D eigenvalue weighted by molar-refractivity contribution is 5.97. The number of para-hydroxylation sites is 1. The Hall–Kier alpha value is -3.61. The van der Waals surface area contributed by atoms with Crippen molar-refractivity contribution in [3.63, 3.8) is 0 Å². The van der Waals surface area contributed by atoms with E-state index in [1.165, 1.54) is 6.21 Å². The standard InChI is InChI=1S/C24H29N3O4/c1-6-14-31-22-19(8-7-9-20(22)30-5)15-25-27-24(29)21(16(2)3)26-23(28)18-12-10-17(4)11-13-18/h6-13,15-16,21H,1,14H2,2-5H3,(H,26,28)(H,27,29)/b25-15-. The summed E-state index contributed by atoms with van der Waals surface area (Å²) < 4.78 is 11.0. The molecule has 2 aromatic carbocycles. The summed E-state index contributed by atoms with van der Waals surface area (Å²) in [6.07, 6.45) is 3.09. The van der Waals surface area contributed by atoms with Crippen LogP contribution in [0.1, 0.15) is 35.3 Å². The smallest absolute Gasteiger partial charge is 0.262 e. The second-order valence-electron chi connectivity index (χ2n) is 7.27. The highest BCUT2D eigenvalue weighted by atomic mass is 16.5. The monoisotopic (exact) mass is 423 g/mol. The number of nitrogens with one attached hydrogen (secondary N) is 2. The van der Waals surface area contributed by atoms with Gasteiger partial charge in [-0.2, -0.15) is 5.10 Å². The van der Waals surface area contributed by atoms with Crippen molar-refractivity contribution < 1.29 is 19.1 Å². The first-order chi connectivity index (χ1) is 14.9. The Bertz CT molecular complexity index is 936. The maximum atomic E-state index is 12.7. The fourth-order valence-corrected chi connectivity index (χ4v) is 2.79. The minimum Gasteiger partial charge on any atom is -0.493 e. The molecule has 0 radical (unpaired) electrons. The number of carbonyl (C=O) groups is 2. The number of carbonyl (C=O) groups excluding carboxylic acids is 2. The van der Waals surface area contributed by atoms with Gasteiger partial charge in [0.25, 0.3) is 11.8 Å². The Morgan fingerprint density at radius 1 is 1.16 bits per heavy atom. The lowest BCUT2D eigenvalue weighted by atomic mass is 10.0. The number of ether oxygens (including phenoxy) is 2. The molecule has 0 heterocycles. The summed E-state index contributed by atoms with van der Waals surface area (Å²) in [5.41, 5.74) is 4.68. The van der Waals surface area contributed by atoms with Crippen molar-refractivity contribution in [3.05, 3.63) is 71.8 Å². The van der Waals surface area contributed by atoms with Gasteiger partial charge in [0.05, 0.1) is 13.3 Å². The van der Waals surface area contributed by atoms with Crippen LogP contribution in [0.5, 0.6) is 11.5 Å². The number of amides is 2. The first-order valence-electron chi connectivity index (χ1n) is 9.98. The number of nitrogens with zero attached hydrogens (tertiary/aromatic N) is 1. The highest BCUT2D eigenvalue weighted by Gasteiger charge is 2.24. The third-order valence-electron chi connectivity index (χ3n) is 4.50. The quantitative estimate of drug-likeness (QED) is 0.348. The van der Waals surface area contributed by atoms with Crippen LogP contribution in [0.3, 0.4) is 0 Å². The Balaban J connectivity index is 2.09. The average molecular weight is 424 g/mol. The second kappa shape index (κ2) is 11.5. The van der Waals surface area contributed by atoms with Crippen LogP contribution in [0.4, 0.5) is 0 Å². The van der Waals surface area contributed by atoms with Crippen molar-refractivity contribution >= 4 is 18.0 Å². The molecule has 2 amide bonds. The highest BCUT2D eigenvalue weighted by Crippen LogP contribution is 2.30. The van der Waals surface area contributed by atoms with Gasteiger partial charge in [-0.15, -0.1) is 0 Å². The molecule has 0 saturated heterocycles. The molecule has 0 aromatic heterocycles. The van der Waals surface area contributed by atoms with Gasteiger partial charge in [-0.1, -0.05) is 50.3 Å². The minimum atomic E-state index is -0.743. The molecule has 2 rings (SSSR count). The molecule has 0 saturated carbocycles. The van der Waals surface area contributed by atoms with E-state index in [0.29, 0.717) is 29.2 Å². The van der Waals surface area contributed by atoms with Crippen molar-refractivity contribution in [3.8, 4) is 11.5 Å². The summed E-state index contributed by atoms with van der Waals surface area (Å²) in [5, 5.41) is 6.82. The lowest BCUT2D eigenvalue weighted by Crippen LogP contribution is -2.48. The average Bonchev–Trinajstić information content (AvgIpc) is 2.76. The molecule has 0 bridgehead atoms. The summed E-state index contributed by atoms with van der Waals surface area (Å²) in [6, 6.07) is 11.8. The van der Waals surface area contributed by atoms with E-state index in [1.54, 1.807) is 43.5 Å². The lowest BCUT2D eigenvalue weighted by molar-refractivity contribution is -0.123. The first-order valence-corrected chi connectivity index (χ1v) is 9.98. The molecule has 164 valence electrons. The van der Waals surface area contributed by atoms with E-state index >= 15 is 0 Å². The van der Waals surface area contributed by atoms with E-state index < -0.39 is 11.9 Å². The zero-order chi connectivity index (χ0) is 22.8. The first kappa shape index (κ1) is 23.7. The van der Waals surface area contributed by atoms with E-state index in [0.717, 1.165) is 5.56 Å². The van der Waals surface area contributed by atoms with Gasteiger partial charge in [-0.25, -0.2) is 5.43 Å². The number of methoxy groups -OCH3 is 1. The van der Waals surface area contributed by atoms with Crippen LogP contribution in [-0.4, -0.2) is 37.8 Å². The summed E-state index contributed by atoms with van der Waals surface area (Å²) in [4.78, 5) is 25.2. The molecule has 7 nitrogen and oxygen atoms in total. The second-order valence-corrected chi connectivity index (χ2v) is 7.27. The zero-order valence-electron chi connectivity index (χ0n) is 18.3. The van der Waals surface area contributed by atoms with Crippen LogP contribution >= 0.6 is 0 Å². The summed E-state index contributed by atoms with van der Waals surface area (Å²) in [6.45, 7) is 9.59. The topological polar surface area (TPSA) is 89.0 Å². The summed E-state index contributed by atoms with van der Waals surface area (Å²) in [7, 11) is 1.54. The van der Waals surface area contributed by atoms with Gasteiger partial charge in [0.2, 0.25) is 0 Å². The van der Waals surface area contributed by atoms with Crippen molar-refractivity contribution in [2.75, 3.05) is 13.7 Å². The van der Waals surface area contributed by atoms with Gasteiger partial charge in [0, 0.05) is 11.1 Å². The summed E-state index contributed by atoms with van der Waals surface area (Å²) in [5.74, 6) is 0.181. The van der Waals surface area contributed by atoms with Crippen LogP contribution in [0.25, 0.3) is 0 Å². The molecule has 1 unspecified atom stereocenters. The Morgan fingerprint density at radius 2 is 1.87 bits per heavy atom. The van der Waals surface area contributed by atoms with Crippen LogP contribution in [-0.2, 0) is 4.79 Å². The zero-order valence-corrected chi connectivity index (χ0v) is 18.3.